The monoisotopic (exact) mass is 340 g/mol. The van der Waals surface area contributed by atoms with E-state index < -0.39 is 0 Å². The number of benzene rings is 1. The van der Waals surface area contributed by atoms with Crippen LogP contribution in [-0.4, -0.2) is 42.3 Å². The van der Waals surface area contributed by atoms with E-state index in [1.54, 1.807) is 0 Å². The average molecular weight is 342 g/mol. The largest absolute Gasteiger partial charge is 0.323 e. The molecular formula is C15H28N3Zr-. The maximum absolute atomic E-state index is 2.75. The van der Waals surface area contributed by atoms with Gasteiger partial charge in [-0.05, 0) is 42.3 Å². The van der Waals surface area contributed by atoms with Gasteiger partial charge in [0.2, 0.25) is 0 Å². The van der Waals surface area contributed by atoms with Gasteiger partial charge in [-0.1, -0.05) is 6.07 Å². The second kappa shape index (κ2) is 19.9. The number of nitrogens with one attached hydrogen (secondary N) is 3. The van der Waals surface area contributed by atoms with Crippen LogP contribution in [0.1, 0.15) is 0 Å². The summed E-state index contributed by atoms with van der Waals surface area (Å²) in [5, 5.41) is 10.9. The predicted molar refractivity (Wildman–Crippen MR) is 84.5 cm³/mol. The van der Waals surface area contributed by atoms with Gasteiger partial charge in [0.1, 0.15) is 0 Å². The second-order valence-electron chi connectivity index (χ2n) is 3.65. The molecule has 0 saturated carbocycles. The Morgan fingerprint density at radius 2 is 1.16 bits per heavy atom. The molecule has 0 amide bonds. The summed E-state index contributed by atoms with van der Waals surface area (Å²) in [5.74, 6) is 0. The molecule has 0 bridgehead atoms. The van der Waals surface area contributed by atoms with Gasteiger partial charge in [0, 0.05) is 26.2 Å². The molecule has 0 spiro atoms. The van der Waals surface area contributed by atoms with Crippen LogP contribution < -0.4 is 16.0 Å². The average Bonchev–Trinajstić information content (AvgIpc) is 2.80. The minimum Gasteiger partial charge on any atom is -0.323 e. The molecule has 0 fully saturated rings. The van der Waals surface area contributed by atoms with Crippen molar-refractivity contribution < 1.29 is 26.2 Å². The Balaban J connectivity index is -0.000000220. The van der Waals surface area contributed by atoms with E-state index >= 15 is 0 Å². The number of fused-ring (bicyclic) bond motifs is 1. The van der Waals surface area contributed by atoms with E-state index in [1.165, 1.54) is 10.8 Å². The molecule has 0 atom stereocenters. The Morgan fingerprint density at radius 3 is 1.58 bits per heavy atom. The molecule has 0 unspecified atom stereocenters. The van der Waals surface area contributed by atoms with Crippen molar-refractivity contribution in [3.8, 4) is 0 Å². The molecule has 0 saturated heterocycles. The van der Waals surface area contributed by atoms with Crippen molar-refractivity contribution in [2.45, 2.75) is 0 Å². The van der Waals surface area contributed by atoms with Gasteiger partial charge in [-0.2, -0.15) is 17.5 Å². The quantitative estimate of drug-likeness (QED) is 0.642. The summed E-state index contributed by atoms with van der Waals surface area (Å²) in [6, 6.07) is 14.7. The first kappa shape index (κ1) is 23.7. The topological polar surface area (TPSA) is 36.1 Å². The van der Waals surface area contributed by atoms with Gasteiger partial charge < -0.3 is 16.0 Å². The summed E-state index contributed by atoms with van der Waals surface area (Å²) in [5.41, 5.74) is 0. The van der Waals surface area contributed by atoms with Crippen LogP contribution in [-0.2, 0) is 26.2 Å². The molecule has 19 heavy (non-hydrogen) atoms. The van der Waals surface area contributed by atoms with Crippen LogP contribution in [0.2, 0.25) is 0 Å². The van der Waals surface area contributed by atoms with E-state index in [-0.39, 0.29) is 26.2 Å². The van der Waals surface area contributed by atoms with E-state index in [0.29, 0.717) is 0 Å². The van der Waals surface area contributed by atoms with Crippen molar-refractivity contribution in [1.29, 1.82) is 0 Å². The van der Waals surface area contributed by atoms with E-state index in [2.05, 4.69) is 58.4 Å². The summed E-state index contributed by atoms with van der Waals surface area (Å²) >= 11 is 0. The standard InChI is InChI=1S/C9H7.3C2H7N.Zr/c1-2-5-9-7-3-6-8(9)4-1;3*1-3-2;/h1-7H;3*3H,1-2H3;/q-1;;;;. The van der Waals surface area contributed by atoms with E-state index in [4.69, 9.17) is 0 Å². The van der Waals surface area contributed by atoms with Crippen molar-refractivity contribution >= 4 is 10.8 Å². The van der Waals surface area contributed by atoms with Crippen LogP contribution in [0, 0.1) is 0 Å². The zero-order chi connectivity index (χ0) is 14.2. The van der Waals surface area contributed by atoms with Crippen molar-refractivity contribution in [2.75, 3.05) is 42.3 Å². The molecule has 0 aliphatic rings. The summed E-state index contributed by atoms with van der Waals surface area (Å²) < 4.78 is 0. The summed E-state index contributed by atoms with van der Waals surface area (Å²) in [4.78, 5) is 0. The van der Waals surface area contributed by atoms with Crippen molar-refractivity contribution in [3.63, 3.8) is 0 Å². The summed E-state index contributed by atoms with van der Waals surface area (Å²) in [6.07, 6.45) is 0. The maximum atomic E-state index is 2.75. The maximum Gasteiger partial charge on any atom is 0 e. The van der Waals surface area contributed by atoms with Gasteiger partial charge in [-0.25, -0.2) is 0 Å². The second-order valence-corrected chi connectivity index (χ2v) is 3.65. The molecule has 0 heterocycles. The van der Waals surface area contributed by atoms with E-state index in [0.717, 1.165) is 0 Å². The molecule has 2 aromatic carbocycles. The van der Waals surface area contributed by atoms with Gasteiger partial charge in [0.15, 0.2) is 0 Å². The van der Waals surface area contributed by atoms with Crippen molar-refractivity contribution in [2.24, 2.45) is 0 Å². The Hall–Kier alpha value is -0.407. The van der Waals surface area contributed by atoms with Crippen LogP contribution in [0.25, 0.3) is 10.8 Å². The number of hydrogen-bond acceptors (Lipinski definition) is 3. The zero-order valence-electron chi connectivity index (χ0n) is 13.0. The Morgan fingerprint density at radius 1 is 0.737 bits per heavy atom. The molecule has 2 aromatic rings. The fourth-order valence-corrected chi connectivity index (χ4v) is 1.07. The third-order valence-corrected chi connectivity index (χ3v) is 1.55. The number of rotatable bonds is 0. The van der Waals surface area contributed by atoms with Crippen LogP contribution in [0.3, 0.4) is 0 Å². The fourth-order valence-electron chi connectivity index (χ4n) is 1.07. The molecule has 0 radical (unpaired) electrons. The van der Waals surface area contributed by atoms with Crippen LogP contribution in [0.5, 0.6) is 0 Å². The van der Waals surface area contributed by atoms with Gasteiger partial charge >= 0.3 is 0 Å². The predicted octanol–water partition coefficient (Wildman–Crippen LogP) is 2.06. The first-order valence-electron chi connectivity index (χ1n) is 6.07. The van der Waals surface area contributed by atoms with Crippen LogP contribution in [0.4, 0.5) is 0 Å². The van der Waals surface area contributed by atoms with E-state index in [1.807, 2.05) is 42.3 Å². The molecule has 2 rings (SSSR count). The van der Waals surface area contributed by atoms with Gasteiger partial charge in [0.25, 0.3) is 0 Å². The number of hydrogen-bond donors (Lipinski definition) is 3. The van der Waals surface area contributed by atoms with E-state index in [9.17, 15) is 0 Å². The molecule has 0 aliphatic heterocycles. The first-order chi connectivity index (χ1) is 8.71. The van der Waals surface area contributed by atoms with Gasteiger partial charge in [-0.3, -0.25) is 0 Å². The van der Waals surface area contributed by atoms with Gasteiger partial charge in [-0.15, -0.1) is 29.7 Å². The summed E-state index contributed by atoms with van der Waals surface area (Å²) in [7, 11) is 11.2. The van der Waals surface area contributed by atoms with Crippen molar-refractivity contribution in [3.05, 3.63) is 42.5 Å². The Labute approximate surface area is 137 Å². The molecular weight excluding hydrogens is 313 g/mol. The Bertz CT molecular complexity index is 326. The molecule has 108 valence electrons. The van der Waals surface area contributed by atoms with Crippen LogP contribution >= 0.6 is 0 Å². The molecule has 0 aliphatic carbocycles. The fraction of sp³-hybridized carbons (Fsp3) is 0.400. The molecule has 4 heteroatoms. The normalized spacial score (nSPS) is 7.68. The Kier molecular flexibility index (Phi) is 24.8. The zero-order valence-corrected chi connectivity index (χ0v) is 15.5. The molecule has 3 nitrogen and oxygen atoms in total. The van der Waals surface area contributed by atoms with Crippen molar-refractivity contribution in [1.82, 2.24) is 16.0 Å². The third-order valence-electron chi connectivity index (χ3n) is 1.55. The SMILES string of the molecule is CNC.CNC.CNC.[Zr].c1ccc2[cH-]ccc2c1. The minimum atomic E-state index is 0. The third kappa shape index (κ3) is 15.5. The summed E-state index contributed by atoms with van der Waals surface area (Å²) in [6.45, 7) is 0. The van der Waals surface area contributed by atoms with Crippen LogP contribution in [0.15, 0.2) is 42.5 Å². The van der Waals surface area contributed by atoms with Gasteiger partial charge in [0.05, 0.1) is 0 Å². The molecule has 3 N–H and O–H groups in total. The minimum absolute atomic E-state index is 0. The molecule has 0 aromatic heterocycles. The first-order valence-corrected chi connectivity index (χ1v) is 6.07. The smallest absolute Gasteiger partial charge is 0 e.